The van der Waals surface area contributed by atoms with E-state index in [1.165, 1.54) is 5.01 Å². The van der Waals surface area contributed by atoms with Crippen LogP contribution in [0.4, 0.5) is 5.69 Å². The molecule has 0 aliphatic carbocycles. The molecule has 0 atom stereocenters. The normalized spacial score (nSPS) is 13.2. The van der Waals surface area contributed by atoms with Crippen LogP contribution in [-0.4, -0.2) is 25.8 Å². The number of hydrogen-bond acceptors (Lipinski definition) is 5. The highest BCUT2D eigenvalue weighted by Gasteiger charge is 2.26. The average molecular weight is 402 g/mol. The zero-order valence-electron chi connectivity index (χ0n) is 16.9. The van der Waals surface area contributed by atoms with E-state index in [0.717, 1.165) is 16.9 Å². The molecule has 4 rings (SSSR count). The van der Waals surface area contributed by atoms with Crippen LogP contribution in [0.2, 0.25) is 0 Å². The number of ether oxygens (including phenoxy) is 3. The van der Waals surface area contributed by atoms with E-state index in [9.17, 15) is 4.79 Å². The van der Waals surface area contributed by atoms with Gasteiger partial charge in [-0.25, -0.2) is 5.01 Å². The number of methoxy groups -OCH3 is 2. The molecule has 3 aromatic carbocycles. The third-order valence-corrected chi connectivity index (χ3v) is 4.82. The summed E-state index contributed by atoms with van der Waals surface area (Å²) < 4.78 is 16.4. The quantitative estimate of drug-likeness (QED) is 0.587. The van der Waals surface area contributed by atoms with Crippen molar-refractivity contribution < 1.29 is 19.0 Å². The first kappa shape index (κ1) is 19.5. The third-order valence-electron chi connectivity index (χ3n) is 4.82. The van der Waals surface area contributed by atoms with Crippen molar-refractivity contribution in [3.05, 3.63) is 83.9 Å². The molecular weight excluding hydrogens is 380 g/mol. The van der Waals surface area contributed by atoms with Gasteiger partial charge in [-0.2, -0.15) is 5.10 Å². The molecule has 30 heavy (non-hydrogen) atoms. The van der Waals surface area contributed by atoms with Crippen LogP contribution < -0.4 is 19.2 Å². The van der Waals surface area contributed by atoms with Crippen LogP contribution in [0.1, 0.15) is 17.5 Å². The molecule has 1 aliphatic rings. The van der Waals surface area contributed by atoms with Gasteiger partial charge in [-0.1, -0.05) is 30.3 Å². The lowest BCUT2D eigenvalue weighted by molar-refractivity contribution is -0.116. The Hall–Kier alpha value is -3.80. The molecule has 1 amide bonds. The van der Waals surface area contributed by atoms with Gasteiger partial charge < -0.3 is 14.2 Å². The van der Waals surface area contributed by atoms with Crippen molar-refractivity contribution in [3.8, 4) is 17.2 Å². The van der Waals surface area contributed by atoms with E-state index >= 15 is 0 Å². The summed E-state index contributed by atoms with van der Waals surface area (Å²) >= 11 is 0. The van der Waals surface area contributed by atoms with E-state index < -0.39 is 0 Å². The van der Waals surface area contributed by atoms with E-state index in [1.54, 1.807) is 14.2 Å². The number of rotatable bonds is 7. The zero-order chi connectivity index (χ0) is 20.9. The lowest BCUT2D eigenvalue weighted by Crippen LogP contribution is -2.19. The summed E-state index contributed by atoms with van der Waals surface area (Å²) in [6.07, 6.45) is 0.224. The molecule has 6 nitrogen and oxygen atoms in total. The minimum absolute atomic E-state index is 0.0854. The van der Waals surface area contributed by atoms with Crippen molar-refractivity contribution in [1.29, 1.82) is 0 Å². The molecule has 0 radical (unpaired) electrons. The fraction of sp³-hybridized carbons (Fsp3) is 0.167. The largest absolute Gasteiger partial charge is 0.493 e. The summed E-state index contributed by atoms with van der Waals surface area (Å²) in [6.45, 7) is 0.491. The van der Waals surface area contributed by atoms with E-state index in [0.29, 0.717) is 29.5 Å². The van der Waals surface area contributed by atoms with Crippen LogP contribution in [0.15, 0.2) is 77.9 Å². The first-order valence-electron chi connectivity index (χ1n) is 9.57. The average Bonchev–Trinajstić information content (AvgIpc) is 3.19. The smallest absolute Gasteiger partial charge is 0.253 e. The van der Waals surface area contributed by atoms with Crippen LogP contribution in [0.3, 0.4) is 0 Å². The molecular formula is C24H22N2O4. The second kappa shape index (κ2) is 8.69. The minimum Gasteiger partial charge on any atom is -0.493 e. The second-order valence-corrected chi connectivity index (χ2v) is 6.77. The zero-order valence-corrected chi connectivity index (χ0v) is 16.9. The van der Waals surface area contributed by atoms with E-state index in [1.807, 2.05) is 72.8 Å². The van der Waals surface area contributed by atoms with Crippen LogP contribution in [0, 0.1) is 0 Å². The Kier molecular flexibility index (Phi) is 5.66. The number of carbonyl (C=O) groups is 1. The molecule has 6 heteroatoms. The standard InChI is InChI=1S/C24H22N2O4/c1-28-22-13-8-18(14-23(22)29-2)21-15-24(27)26(25-21)19-9-11-20(12-10-19)30-16-17-6-4-3-5-7-17/h3-14H,15-16H2,1-2H3. The highest BCUT2D eigenvalue weighted by Crippen LogP contribution is 2.30. The molecule has 3 aromatic rings. The Bertz CT molecular complexity index is 1060. The first-order valence-corrected chi connectivity index (χ1v) is 9.57. The fourth-order valence-corrected chi connectivity index (χ4v) is 3.23. The molecule has 0 spiro atoms. The monoisotopic (exact) mass is 402 g/mol. The van der Waals surface area contributed by atoms with Crippen molar-refractivity contribution in [2.75, 3.05) is 19.2 Å². The van der Waals surface area contributed by atoms with Crippen LogP contribution in [-0.2, 0) is 11.4 Å². The maximum atomic E-state index is 12.6. The van der Waals surface area contributed by atoms with Gasteiger partial charge in [-0.3, -0.25) is 4.79 Å². The van der Waals surface area contributed by atoms with Crippen LogP contribution >= 0.6 is 0 Å². The number of carbonyl (C=O) groups excluding carboxylic acids is 1. The molecule has 1 aliphatic heterocycles. The number of nitrogens with zero attached hydrogens (tertiary/aromatic N) is 2. The molecule has 0 aromatic heterocycles. The van der Waals surface area contributed by atoms with Crippen molar-refractivity contribution in [1.82, 2.24) is 0 Å². The van der Waals surface area contributed by atoms with Gasteiger partial charge in [0.1, 0.15) is 12.4 Å². The Morgan fingerprint density at radius 3 is 2.33 bits per heavy atom. The highest BCUT2D eigenvalue weighted by molar-refractivity contribution is 6.19. The second-order valence-electron chi connectivity index (χ2n) is 6.77. The van der Waals surface area contributed by atoms with Crippen molar-refractivity contribution in [2.24, 2.45) is 5.10 Å². The SMILES string of the molecule is COc1ccc(C2=NN(c3ccc(OCc4ccccc4)cc3)C(=O)C2)cc1OC. The lowest BCUT2D eigenvalue weighted by atomic mass is 10.1. The van der Waals surface area contributed by atoms with Gasteiger partial charge in [-0.15, -0.1) is 0 Å². The van der Waals surface area contributed by atoms with Gasteiger partial charge in [0.05, 0.1) is 32.0 Å². The Morgan fingerprint density at radius 2 is 1.63 bits per heavy atom. The predicted octanol–water partition coefficient (Wildman–Crippen LogP) is 4.42. The third kappa shape index (κ3) is 4.12. The van der Waals surface area contributed by atoms with Gasteiger partial charge in [0.2, 0.25) is 0 Å². The molecule has 0 saturated carbocycles. The topological polar surface area (TPSA) is 60.4 Å². The first-order chi connectivity index (χ1) is 14.7. The van der Waals surface area contributed by atoms with Gasteiger partial charge in [0.25, 0.3) is 5.91 Å². The molecule has 0 bridgehead atoms. The predicted molar refractivity (Wildman–Crippen MR) is 115 cm³/mol. The minimum atomic E-state index is -0.0854. The van der Waals surface area contributed by atoms with Gasteiger partial charge >= 0.3 is 0 Å². The van der Waals surface area contributed by atoms with Gasteiger partial charge in [0.15, 0.2) is 11.5 Å². The van der Waals surface area contributed by atoms with Crippen molar-refractivity contribution in [3.63, 3.8) is 0 Å². The summed E-state index contributed by atoms with van der Waals surface area (Å²) in [5, 5.41) is 5.95. The van der Waals surface area contributed by atoms with Crippen molar-refractivity contribution in [2.45, 2.75) is 13.0 Å². The van der Waals surface area contributed by atoms with Gasteiger partial charge in [-0.05, 0) is 48.0 Å². The molecule has 152 valence electrons. The highest BCUT2D eigenvalue weighted by atomic mass is 16.5. The summed E-state index contributed by atoms with van der Waals surface area (Å²) in [5.74, 6) is 1.88. The van der Waals surface area contributed by atoms with E-state index in [-0.39, 0.29) is 12.3 Å². The number of benzene rings is 3. The van der Waals surface area contributed by atoms with Crippen LogP contribution in [0.5, 0.6) is 17.2 Å². The van der Waals surface area contributed by atoms with E-state index in [2.05, 4.69) is 5.10 Å². The maximum Gasteiger partial charge on any atom is 0.253 e. The fourth-order valence-electron chi connectivity index (χ4n) is 3.23. The molecule has 1 heterocycles. The number of anilines is 1. The summed E-state index contributed by atoms with van der Waals surface area (Å²) in [5.41, 5.74) is 3.31. The molecule has 0 unspecified atom stereocenters. The number of hydrogen-bond donors (Lipinski definition) is 0. The number of amides is 1. The Labute approximate surface area is 175 Å². The Balaban J connectivity index is 1.48. The summed E-state index contributed by atoms with van der Waals surface area (Å²) in [4.78, 5) is 12.6. The Morgan fingerprint density at radius 1 is 0.900 bits per heavy atom. The molecule has 0 fully saturated rings. The number of hydrazone groups is 1. The maximum absolute atomic E-state index is 12.6. The molecule has 0 N–H and O–H groups in total. The van der Waals surface area contributed by atoms with Gasteiger partial charge in [0, 0.05) is 5.56 Å². The molecule has 0 saturated heterocycles. The summed E-state index contributed by atoms with van der Waals surface area (Å²) in [6, 6.07) is 22.8. The lowest BCUT2D eigenvalue weighted by Gasteiger charge is -2.13. The van der Waals surface area contributed by atoms with E-state index in [4.69, 9.17) is 14.2 Å². The summed E-state index contributed by atoms with van der Waals surface area (Å²) in [7, 11) is 3.17. The van der Waals surface area contributed by atoms with Crippen LogP contribution in [0.25, 0.3) is 0 Å². The van der Waals surface area contributed by atoms with Crippen molar-refractivity contribution >= 4 is 17.3 Å².